The fraction of sp³-hybridized carbons (Fsp3) is 0.500. The van der Waals surface area contributed by atoms with Crippen LogP contribution in [0.3, 0.4) is 0 Å². The monoisotopic (exact) mass is 236 g/mol. The molecule has 0 fully saturated rings. The van der Waals surface area contributed by atoms with Crippen LogP contribution in [0.2, 0.25) is 0 Å². The maximum absolute atomic E-state index is 8.75. The van der Waals surface area contributed by atoms with Gasteiger partial charge in [-0.05, 0) is 25.0 Å². The maximum atomic E-state index is 8.75. The average molecular weight is 236 g/mol. The number of rotatable bonds is 4. The molecule has 1 atom stereocenters. The van der Waals surface area contributed by atoms with E-state index < -0.39 is 0 Å². The number of hydrogen-bond acceptors (Lipinski definition) is 4. The lowest BCUT2D eigenvalue weighted by Crippen LogP contribution is -2.35. The van der Waals surface area contributed by atoms with Gasteiger partial charge in [-0.1, -0.05) is 19.0 Å². The summed E-state index contributed by atoms with van der Waals surface area (Å²) >= 11 is 0. The molecule has 5 nitrogen and oxygen atoms in total. The van der Waals surface area contributed by atoms with Gasteiger partial charge in [-0.25, -0.2) is 0 Å². The molecular weight excluding hydrogens is 216 g/mol. The van der Waals surface area contributed by atoms with E-state index in [1.807, 2.05) is 19.2 Å². The summed E-state index contributed by atoms with van der Waals surface area (Å²) in [5.74, 6) is 0.531. The van der Waals surface area contributed by atoms with Crippen LogP contribution in [0.15, 0.2) is 23.5 Å². The summed E-state index contributed by atoms with van der Waals surface area (Å²) in [5.41, 5.74) is 6.99. The summed E-state index contributed by atoms with van der Waals surface area (Å²) in [6, 6.07) is 4.09. The zero-order valence-corrected chi connectivity index (χ0v) is 10.8. The quantitative estimate of drug-likeness (QED) is 0.361. The molecule has 1 unspecified atom stereocenters. The molecule has 0 amide bonds. The van der Waals surface area contributed by atoms with E-state index in [1.54, 1.807) is 6.20 Å². The Balaban J connectivity index is 3.13. The number of amidine groups is 1. The fourth-order valence-corrected chi connectivity index (χ4v) is 1.59. The van der Waals surface area contributed by atoms with E-state index in [-0.39, 0.29) is 5.84 Å². The summed E-state index contributed by atoms with van der Waals surface area (Å²) in [7, 11) is 1.98. The van der Waals surface area contributed by atoms with Gasteiger partial charge in [0.05, 0.1) is 5.69 Å². The Morgan fingerprint density at radius 2 is 2.12 bits per heavy atom. The van der Waals surface area contributed by atoms with Gasteiger partial charge in [0, 0.05) is 19.3 Å². The van der Waals surface area contributed by atoms with Crippen LogP contribution in [0.4, 0.5) is 5.69 Å². The van der Waals surface area contributed by atoms with Crippen molar-refractivity contribution < 1.29 is 5.21 Å². The van der Waals surface area contributed by atoms with Gasteiger partial charge < -0.3 is 15.8 Å². The summed E-state index contributed by atoms with van der Waals surface area (Å²) in [6.07, 6.45) is 1.63. The molecule has 94 valence electrons. The van der Waals surface area contributed by atoms with Crippen molar-refractivity contribution >= 4 is 11.5 Å². The van der Waals surface area contributed by atoms with Gasteiger partial charge in [-0.2, -0.15) is 0 Å². The number of aromatic nitrogens is 1. The van der Waals surface area contributed by atoms with E-state index in [4.69, 9.17) is 10.9 Å². The van der Waals surface area contributed by atoms with Crippen LogP contribution in [-0.2, 0) is 0 Å². The molecule has 0 aliphatic rings. The van der Waals surface area contributed by atoms with Crippen LogP contribution in [0.1, 0.15) is 26.5 Å². The van der Waals surface area contributed by atoms with Crippen molar-refractivity contribution in [1.29, 1.82) is 0 Å². The van der Waals surface area contributed by atoms with Crippen molar-refractivity contribution in [1.82, 2.24) is 4.98 Å². The van der Waals surface area contributed by atoms with Crippen LogP contribution >= 0.6 is 0 Å². The molecule has 1 aromatic rings. The fourth-order valence-electron chi connectivity index (χ4n) is 1.59. The molecule has 5 heteroatoms. The number of nitrogens with two attached hydrogens (primary N) is 1. The first-order chi connectivity index (χ1) is 7.99. The summed E-state index contributed by atoms with van der Waals surface area (Å²) in [4.78, 5) is 6.24. The van der Waals surface area contributed by atoms with E-state index in [0.29, 0.717) is 17.7 Å². The molecule has 0 saturated carbocycles. The average Bonchev–Trinajstić information content (AvgIpc) is 2.35. The largest absolute Gasteiger partial charge is 0.409 e. The smallest absolute Gasteiger partial charge is 0.190 e. The van der Waals surface area contributed by atoms with Gasteiger partial charge in [0.25, 0.3) is 0 Å². The molecule has 0 spiro atoms. The second-order valence-corrected chi connectivity index (χ2v) is 4.45. The van der Waals surface area contributed by atoms with Gasteiger partial charge in [-0.3, -0.25) is 4.98 Å². The lowest BCUT2D eigenvalue weighted by Gasteiger charge is -2.30. The van der Waals surface area contributed by atoms with Crippen LogP contribution in [0.25, 0.3) is 0 Å². The van der Waals surface area contributed by atoms with Crippen LogP contribution in [0.5, 0.6) is 0 Å². The van der Waals surface area contributed by atoms with Gasteiger partial charge in [0.2, 0.25) is 0 Å². The highest BCUT2D eigenvalue weighted by atomic mass is 16.4. The Morgan fingerprint density at radius 3 is 2.65 bits per heavy atom. The highest BCUT2D eigenvalue weighted by Crippen LogP contribution is 2.21. The Hall–Kier alpha value is -1.78. The predicted octanol–water partition coefficient (Wildman–Crippen LogP) is 1.66. The molecule has 17 heavy (non-hydrogen) atoms. The lowest BCUT2D eigenvalue weighted by molar-refractivity contribution is 0.318. The van der Waals surface area contributed by atoms with Crippen molar-refractivity contribution in [3.63, 3.8) is 0 Å². The molecule has 1 heterocycles. The minimum absolute atomic E-state index is 0.0309. The molecule has 1 aromatic heterocycles. The Bertz CT molecular complexity index is 403. The normalized spacial score (nSPS) is 13.8. The standard InChI is InChI=1S/C12H20N4O/c1-8(2)9(3)16(4)10-6-5-7-14-11(10)12(13)15-17/h5-9,17H,1-4H3,(H2,13,15). The van der Waals surface area contributed by atoms with Crippen molar-refractivity contribution in [2.45, 2.75) is 26.8 Å². The SMILES string of the molecule is CC(C)C(C)N(C)c1cccnc1/C(N)=N/O. The van der Waals surface area contributed by atoms with Crippen molar-refractivity contribution in [3.8, 4) is 0 Å². The first-order valence-corrected chi connectivity index (χ1v) is 5.64. The maximum Gasteiger partial charge on any atom is 0.190 e. The third kappa shape index (κ3) is 2.87. The minimum atomic E-state index is 0.0309. The van der Waals surface area contributed by atoms with E-state index >= 15 is 0 Å². The van der Waals surface area contributed by atoms with E-state index in [9.17, 15) is 0 Å². The number of anilines is 1. The summed E-state index contributed by atoms with van der Waals surface area (Å²) in [6.45, 7) is 6.44. The second kappa shape index (κ2) is 5.52. The summed E-state index contributed by atoms with van der Waals surface area (Å²) < 4.78 is 0. The van der Waals surface area contributed by atoms with Gasteiger partial charge in [0.15, 0.2) is 5.84 Å². The molecule has 3 N–H and O–H groups in total. The number of pyridine rings is 1. The number of hydrogen-bond donors (Lipinski definition) is 2. The van der Waals surface area contributed by atoms with Crippen LogP contribution in [-0.4, -0.2) is 29.1 Å². The van der Waals surface area contributed by atoms with E-state index in [0.717, 1.165) is 5.69 Å². The summed E-state index contributed by atoms with van der Waals surface area (Å²) in [5, 5.41) is 11.8. The topological polar surface area (TPSA) is 74.7 Å². The van der Waals surface area contributed by atoms with Crippen molar-refractivity contribution in [2.75, 3.05) is 11.9 Å². The Morgan fingerprint density at radius 1 is 1.47 bits per heavy atom. The number of nitrogens with zero attached hydrogens (tertiary/aromatic N) is 3. The first kappa shape index (κ1) is 13.3. The van der Waals surface area contributed by atoms with Crippen LogP contribution < -0.4 is 10.6 Å². The molecule has 0 bridgehead atoms. The van der Waals surface area contributed by atoms with Crippen molar-refractivity contribution in [2.24, 2.45) is 16.8 Å². The Kier molecular flexibility index (Phi) is 4.31. The zero-order chi connectivity index (χ0) is 13.0. The molecule has 1 rings (SSSR count). The second-order valence-electron chi connectivity index (χ2n) is 4.45. The van der Waals surface area contributed by atoms with Gasteiger partial charge in [0.1, 0.15) is 5.69 Å². The molecule has 0 saturated heterocycles. The Labute approximate surface area is 102 Å². The minimum Gasteiger partial charge on any atom is -0.409 e. The highest BCUT2D eigenvalue weighted by molar-refractivity contribution is 6.00. The van der Waals surface area contributed by atoms with Gasteiger partial charge >= 0.3 is 0 Å². The van der Waals surface area contributed by atoms with E-state index in [2.05, 4.69) is 35.8 Å². The molecular formula is C12H20N4O. The van der Waals surface area contributed by atoms with Crippen molar-refractivity contribution in [3.05, 3.63) is 24.0 Å². The molecule has 0 aliphatic carbocycles. The third-order valence-electron chi connectivity index (χ3n) is 3.09. The first-order valence-electron chi connectivity index (χ1n) is 5.64. The number of oxime groups is 1. The molecule has 0 aromatic carbocycles. The van der Waals surface area contributed by atoms with E-state index in [1.165, 1.54) is 0 Å². The van der Waals surface area contributed by atoms with Gasteiger partial charge in [-0.15, -0.1) is 0 Å². The molecule has 0 radical (unpaired) electrons. The highest BCUT2D eigenvalue weighted by Gasteiger charge is 2.18. The zero-order valence-electron chi connectivity index (χ0n) is 10.8. The lowest BCUT2D eigenvalue weighted by atomic mass is 10.0. The third-order valence-corrected chi connectivity index (χ3v) is 3.09. The predicted molar refractivity (Wildman–Crippen MR) is 69.5 cm³/mol. The molecule has 0 aliphatic heterocycles. The van der Waals surface area contributed by atoms with Crippen LogP contribution in [0, 0.1) is 5.92 Å².